The number of hydrogen-bond donors (Lipinski definition) is 2. The Labute approximate surface area is 100 Å². The molecule has 0 saturated carbocycles. The Morgan fingerprint density at radius 3 is 2.65 bits per heavy atom. The Kier molecular flexibility index (Phi) is 2.28. The molecule has 1 aromatic heterocycles. The lowest BCUT2D eigenvalue weighted by atomic mass is 9.78. The topological polar surface area (TPSA) is 45.2 Å². The summed E-state index contributed by atoms with van der Waals surface area (Å²) in [7, 11) is 0. The van der Waals surface area contributed by atoms with Crippen LogP contribution in [-0.4, -0.2) is 21.2 Å². The summed E-state index contributed by atoms with van der Waals surface area (Å²) < 4.78 is 13.7. The van der Waals surface area contributed by atoms with Crippen LogP contribution in [0.15, 0.2) is 18.5 Å². The van der Waals surface area contributed by atoms with Crippen molar-refractivity contribution >= 4 is 0 Å². The van der Waals surface area contributed by atoms with E-state index in [-0.39, 0.29) is 11.1 Å². The maximum absolute atomic E-state index is 13.7. The van der Waals surface area contributed by atoms with Gasteiger partial charge in [0.15, 0.2) is 0 Å². The van der Waals surface area contributed by atoms with Gasteiger partial charge in [-0.15, -0.1) is 0 Å². The number of aromatic nitrogens is 1. The van der Waals surface area contributed by atoms with Gasteiger partial charge in [0.2, 0.25) is 0 Å². The van der Waals surface area contributed by atoms with Gasteiger partial charge in [-0.2, -0.15) is 0 Å². The normalized spacial score (nSPS) is 37.4. The molecule has 0 amide bonds. The molecule has 2 bridgehead atoms. The molecule has 2 aliphatic heterocycles. The minimum absolute atomic E-state index is 0.129. The molecule has 0 aromatic carbocycles. The van der Waals surface area contributed by atoms with Crippen LogP contribution in [0.4, 0.5) is 4.39 Å². The lowest BCUT2D eigenvalue weighted by Crippen LogP contribution is -2.45. The predicted octanol–water partition coefficient (Wildman–Crippen LogP) is 1.93. The van der Waals surface area contributed by atoms with Gasteiger partial charge in [-0.1, -0.05) is 0 Å². The van der Waals surface area contributed by atoms with Gasteiger partial charge in [-0.3, -0.25) is 4.98 Å². The summed E-state index contributed by atoms with van der Waals surface area (Å²) >= 11 is 0. The molecule has 2 saturated heterocycles. The number of aliphatic hydroxyl groups excluding tert-OH is 1. The second kappa shape index (κ2) is 3.50. The highest BCUT2D eigenvalue weighted by atomic mass is 19.1. The van der Waals surface area contributed by atoms with Crippen molar-refractivity contribution in [2.75, 3.05) is 0 Å². The fraction of sp³-hybridized carbons (Fsp3) is 0.615. The van der Waals surface area contributed by atoms with E-state index in [1.54, 1.807) is 6.07 Å². The van der Waals surface area contributed by atoms with E-state index in [4.69, 9.17) is 0 Å². The van der Waals surface area contributed by atoms with Gasteiger partial charge in [0, 0.05) is 22.8 Å². The molecule has 2 fully saturated rings. The number of halogens is 1. The van der Waals surface area contributed by atoms with E-state index >= 15 is 0 Å². The van der Waals surface area contributed by atoms with E-state index < -0.39 is 11.9 Å². The summed E-state index contributed by atoms with van der Waals surface area (Å²) in [6, 6.07) is 1.57. The predicted molar refractivity (Wildman–Crippen MR) is 61.9 cm³/mol. The Morgan fingerprint density at radius 2 is 2.12 bits per heavy atom. The van der Waals surface area contributed by atoms with Crippen LogP contribution in [0.1, 0.15) is 44.3 Å². The smallest absolute Gasteiger partial charge is 0.147 e. The molecule has 3 rings (SSSR count). The lowest BCUT2D eigenvalue weighted by Gasteiger charge is -2.32. The molecule has 0 radical (unpaired) electrons. The van der Waals surface area contributed by atoms with Gasteiger partial charge < -0.3 is 10.4 Å². The highest BCUT2D eigenvalue weighted by Gasteiger charge is 2.55. The Balaban J connectivity index is 1.93. The van der Waals surface area contributed by atoms with Crippen molar-refractivity contribution in [2.45, 2.75) is 49.8 Å². The average Bonchev–Trinajstić information content (AvgIpc) is 2.83. The van der Waals surface area contributed by atoms with E-state index in [1.807, 2.05) is 0 Å². The second-order valence-corrected chi connectivity index (χ2v) is 5.64. The number of aliphatic hydroxyl groups is 1. The number of fused-ring (bicyclic) bond motifs is 2. The van der Waals surface area contributed by atoms with Crippen molar-refractivity contribution in [3.05, 3.63) is 29.8 Å². The first kappa shape index (κ1) is 11.1. The summed E-state index contributed by atoms with van der Waals surface area (Å²) in [5.74, 6) is -0.420. The van der Waals surface area contributed by atoms with Gasteiger partial charge in [-0.05, 0) is 38.7 Å². The molecular weight excluding hydrogens is 219 g/mol. The minimum atomic E-state index is -0.783. The number of hydrogen-bond acceptors (Lipinski definition) is 3. The van der Waals surface area contributed by atoms with Crippen molar-refractivity contribution in [1.29, 1.82) is 0 Å². The molecule has 0 aliphatic carbocycles. The van der Waals surface area contributed by atoms with Crippen molar-refractivity contribution in [1.82, 2.24) is 10.3 Å². The van der Waals surface area contributed by atoms with Gasteiger partial charge in [0.05, 0.1) is 6.20 Å². The van der Waals surface area contributed by atoms with Gasteiger partial charge in [-0.25, -0.2) is 4.39 Å². The maximum Gasteiger partial charge on any atom is 0.147 e. The SMILES string of the molecule is CC12CCC([C@H](O)c3ccncc3F)(CC1)N2. The van der Waals surface area contributed by atoms with Gasteiger partial charge in [0.25, 0.3) is 0 Å². The minimum Gasteiger partial charge on any atom is -0.386 e. The average molecular weight is 236 g/mol. The van der Waals surface area contributed by atoms with Crippen molar-refractivity contribution in [3.63, 3.8) is 0 Å². The molecule has 2 aliphatic rings. The molecule has 0 unspecified atom stereocenters. The Bertz CT molecular complexity index is 441. The quantitative estimate of drug-likeness (QED) is 0.824. The van der Waals surface area contributed by atoms with Gasteiger partial charge in [0.1, 0.15) is 11.9 Å². The third kappa shape index (κ3) is 1.58. The monoisotopic (exact) mass is 236 g/mol. The highest BCUT2D eigenvalue weighted by Crippen LogP contribution is 2.50. The molecule has 1 atom stereocenters. The first-order chi connectivity index (χ1) is 8.05. The summed E-state index contributed by atoms with van der Waals surface area (Å²) in [6.45, 7) is 2.18. The van der Waals surface area contributed by atoms with Crippen LogP contribution >= 0.6 is 0 Å². The molecule has 0 spiro atoms. The lowest BCUT2D eigenvalue weighted by molar-refractivity contribution is 0.0704. The number of rotatable bonds is 2. The van der Waals surface area contributed by atoms with Crippen LogP contribution in [-0.2, 0) is 0 Å². The summed E-state index contributed by atoms with van der Waals surface area (Å²) in [5.41, 5.74) is 0.153. The molecule has 4 heteroatoms. The zero-order valence-electron chi connectivity index (χ0n) is 9.91. The highest BCUT2D eigenvalue weighted by molar-refractivity contribution is 5.25. The largest absolute Gasteiger partial charge is 0.386 e. The van der Waals surface area contributed by atoms with Crippen LogP contribution < -0.4 is 5.32 Å². The van der Waals surface area contributed by atoms with Crippen LogP contribution in [0.2, 0.25) is 0 Å². The molecule has 2 N–H and O–H groups in total. The van der Waals surface area contributed by atoms with E-state index in [0.29, 0.717) is 5.56 Å². The zero-order valence-corrected chi connectivity index (χ0v) is 9.91. The van der Waals surface area contributed by atoms with Crippen LogP contribution in [0.25, 0.3) is 0 Å². The standard InChI is InChI=1S/C13H17FN2O/c1-12-3-5-13(16-12,6-4-12)11(17)9-2-7-15-8-10(9)14/h2,7-8,11,16-17H,3-6H2,1H3/t11-,12?,13?/m1/s1. The van der Waals surface area contributed by atoms with Crippen molar-refractivity contribution < 1.29 is 9.50 Å². The zero-order chi connectivity index (χ0) is 12.1. The first-order valence-corrected chi connectivity index (χ1v) is 6.12. The molecular formula is C13H17FN2O. The van der Waals surface area contributed by atoms with Crippen LogP contribution in [0.5, 0.6) is 0 Å². The molecule has 92 valence electrons. The summed E-state index contributed by atoms with van der Waals surface area (Å²) in [5, 5.41) is 14.0. The molecule has 17 heavy (non-hydrogen) atoms. The van der Waals surface area contributed by atoms with Crippen LogP contribution in [0.3, 0.4) is 0 Å². The summed E-state index contributed by atoms with van der Waals surface area (Å²) in [4.78, 5) is 3.72. The molecule has 1 aromatic rings. The fourth-order valence-electron chi connectivity index (χ4n) is 3.35. The molecule has 3 heterocycles. The summed E-state index contributed by atoms with van der Waals surface area (Å²) in [6.07, 6.45) is 5.83. The first-order valence-electron chi connectivity index (χ1n) is 6.12. The second-order valence-electron chi connectivity index (χ2n) is 5.64. The third-order valence-electron chi connectivity index (χ3n) is 4.42. The Morgan fingerprint density at radius 1 is 1.41 bits per heavy atom. The Hall–Kier alpha value is -1.00. The van der Waals surface area contributed by atoms with Crippen molar-refractivity contribution in [2.24, 2.45) is 0 Å². The number of nitrogens with zero attached hydrogens (tertiary/aromatic N) is 1. The molecule has 3 nitrogen and oxygen atoms in total. The van der Waals surface area contributed by atoms with Crippen LogP contribution in [0, 0.1) is 5.82 Å². The van der Waals surface area contributed by atoms with E-state index in [9.17, 15) is 9.50 Å². The number of pyridine rings is 1. The van der Waals surface area contributed by atoms with Crippen molar-refractivity contribution in [3.8, 4) is 0 Å². The van der Waals surface area contributed by atoms with E-state index in [1.165, 1.54) is 6.20 Å². The maximum atomic E-state index is 13.7. The number of nitrogens with one attached hydrogen (secondary N) is 1. The fourth-order valence-corrected chi connectivity index (χ4v) is 3.35. The van der Waals surface area contributed by atoms with Gasteiger partial charge >= 0.3 is 0 Å². The van der Waals surface area contributed by atoms with E-state index in [2.05, 4.69) is 17.2 Å². The van der Waals surface area contributed by atoms with E-state index in [0.717, 1.165) is 31.9 Å². The third-order valence-corrected chi connectivity index (χ3v) is 4.42.